The number of hydrogen-bond donors (Lipinski definition) is 2. The van der Waals surface area contributed by atoms with Crippen molar-refractivity contribution in [2.24, 2.45) is 5.92 Å². The molecule has 3 rings (SSSR count). The molecule has 1 aromatic rings. The summed E-state index contributed by atoms with van der Waals surface area (Å²) in [5.74, 6) is 0.301. The van der Waals surface area contributed by atoms with Crippen LogP contribution in [0.3, 0.4) is 0 Å². The van der Waals surface area contributed by atoms with Gasteiger partial charge in [0, 0.05) is 38.0 Å². The first kappa shape index (κ1) is 21.0. The lowest BCUT2D eigenvalue weighted by molar-refractivity contribution is -0.903. The number of piperidine rings is 2. The number of nitro groups is 1. The molecule has 2 saturated heterocycles. The molecule has 0 saturated carbocycles. The summed E-state index contributed by atoms with van der Waals surface area (Å²) in [5, 5.41) is 14.9. The van der Waals surface area contributed by atoms with Crippen molar-refractivity contribution in [1.29, 1.82) is 0 Å². The van der Waals surface area contributed by atoms with Crippen molar-refractivity contribution >= 4 is 21.4 Å². The Morgan fingerprint density at radius 3 is 2.61 bits per heavy atom. The second-order valence-corrected chi connectivity index (χ2v) is 10.0. The molecule has 2 aliphatic heterocycles. The maximum absolute atomic E-state index is 13.0. The summed E-state index contributed by atoms with van der Waals surface area (Å²) in [7, 11) is -3.71. The first-order valence-corrected chi connectivity index (χ1v) is 11.6. The standard InChI is InChI=1S/C19H30N4O4S/c1-3-21-11-8-16(9-12-21)20-18-7-6-17(13-19(18)23(24)25)28(26,27)22-10-4-5-15(2)14-22/h6-7,13,15-16,20H,3-5,8-12,14H2,1-2H3/p+1/t15-/m0/s1. The highest BCUT2D eigenvalue weighted by molar-refractivity contribution is 7.89. The lowest BCUT2D eigenvalue weighted by Crippen LogP contribution is -3.13. The van der Waals surface area contributed by atoms with Gasteiger partial charge in [-0.1, -0.05) is 6.92 Å². The van der Waals surface area contributed by atoms with E-state index >= 15 is 0 Å². The number of quaternary nitrogens is 1. The summed E-state index contributed by atoms with van der Waals surface area (Å²) < 4.78 is 27.4. The van der Waals surface area contributed by atoms with Crippen molar-refractivity contribution in [1.82, 2.24) is 4.31 Å². The topological polar surface area (TPSA) is 97.0 Å². The van der Waals surface area contributed by atoms with E-state index in [4.69, 9.17) is 0 Å². The fourth-order valence-electron chi connectivity index (χ4n) is 4.20. The van der Waals surface area contributed by atoms with Crippen molar-refractivity contribution in [3.05, 3.63) is 28.3 Å². The monoisotopic (exact) mass is 411 g/mol. The van der Waals surface area contributed by atoms with E-state index in [0.29, 0.717) is 24.7 Å². The van der Waals surface area contributed by atoms with E-state index in [2.05, 4.69) is 12.2 Å². The third-order valence-electron chi connectivity index (χ3n) is 5.98. The molecule has 0 aliphatic carbocycles. The van der Waals surface area contributed by atoms with Gasteiger partial charge in [-0.3, -0.25) is 10.1 Å². The Bertz CT molecular complexity index is 806. The average Bonchev–Trinajstić information content (AvgIpc) is 2.68. The Balaban J connectivity index is 1.80. The zero-order valence-corrected chi connectivity index (χ0v) is 17.5. The van der Waals surface area contributed by atoms with Gasteiger partial charge in [0.15, 0.2) is 0 Å². The second kappa shape index (κ2) is 8.75. The molecule has 2 heterocycles. The number of anilines is 1. The molecule has 2 fully saturated rings. The Kier molecular flexibility index (Phi) is 6.57. The van der Waals surface area contributed by atoms with Gasteiger partial charge in [0.2, 0.25) is 10.0 Å². The quantitative estimate of drug-likeness (QED) is 0.546. The molecular weight excluding hydrogens is 380 g/mol. The number of nitrogens with zero attached hydrogens (tertiary/aromatic N) is 2. The molecule has 9 heteroatoms. The Morgan fingerprint density at radius 1 is 1.29 bits per heavy atom. The molecule has 0 aromatic heterocycles. The number of nitrogens with one attached hydrogen (secondary N) is 2. The first-order valence-electron chi connectivity index (χ1n) is 10.2. The molecule has 156 valence electrons. The minimum Gasteiger partial charge on any atom is -0.376 e. The van der Waals surface area contributed by atoms with E-state index in [9.17, 15) is 18.5 Å². The number of rotatable bonds is 6. The summed E-state index contributed by atoms with van der Waals surface area (Å²) in [6.07, 6.45) is 3.73. The molecule has 2 N–H and O–H groups in total. The highest BCUT2D eigenvalue weighted by Gasteiger charge is 2.31. The van der Waals surface area contributed by atoms with Gasteiger partial charge >= 0.3 is 0 Å². The lowest BCUT2D eigenvalue weighted by atomic mass is 10.0. The minimum absolute atomic E-state index is 0.00379. The minimum atomic E-state index is -3.71. The smallest absolute Gasteiger partial charge is 0.293 e. The largest absolute Gasteiger partial charge is 0.376 e. The SMILES string of the molecule is CC[NH+]1CCC(Nc2ccc(S(=O)(=O)N3CCC[C@H](C)C3)cc2[N+](=O)[O-])CC1. The van der Waals surface area contributed by atoms with Crippen LogP contribution in [0.25, 0.3) is 0 Å². The maximum Gasteiger partial charge on any atom is 0.293 e. The van der Waals surface area contributed by atoms with Crippen LogP contribution in [0.5, 0.6) is 0 Å². The number of hydrogen-bond acceptors (Lipinski definition) is 5. The zero-order valence-electron chi connectivity index (χ0n) is 16.7. The summed E-state index contributed by atoms with van der Waals surface area (Å²) in [5.41, 5.74) is 0.234. The predicted octanol–water partition coefficient (Wildman–Crippen LogP) is 1.49. The molecule has 28 heavy (non-hydrogen) atoms. The number of benzene rings is 1. The van der Waals surface area contributed by atoms with Gasteiger partial charge in [0.05, 0.1) is 29.5 Å². The average molecular weight is 412 g/mol. The molecule has 0 spiro atoms. The summed E-state index contributed by atoms with van der Waals surface area (Å²) in [6, 6.07) is 4.44. The van der Waals surface area contributed by atoms with Crippen LogP contribution in [0, 0.1) is 16.0 Å². The van der Waals surface area contributed by atoms with Gasteiger partial charge in [-0.25, -0.2) is 8.42 Å². The van der Waals surface area contributed by atoms with E-state index < -0.39 is 14.9 Å². The van der Waals surface area contributed by atoms with E-state index in [1.165, 1.54) is 16.4 Å². The lowest BCUT2D eigenvalue weighted by Gasteiger charge is -2.30. The highest BCUT2D eigenvalue weighted by atomic mass is 32.2. The van der Waals surface area contributed by atoms with E-state index in [0.717, 1.165) is 45.3 Å². The van der Waals surface area contributed by atoms with Gasteiger partial charge < -0.3 is 10.2 Å². The van der Waals surface area contributed by atoms with Gasteiger partial charge in [-0.2, -0.15) is 4.31 Å². The third-order valence-corrected chi connectivity index (χ3v) is 7.84. The van der Waals surface area contributed by atoms with Crippen LogP contribution in [0.2, 0.25) is 0 Å². The summed E-state index contributed by atoms with van der Waals surface area (Å²) in [6.45, 7) is 8.31. The molecule has 1 aromatic carbocycles. The Morgan fingerprint density at radius 2 is 2.00 bits per heavy atom. The molecule has 0 radical (unpaired) electrons. The van der Waals surface area contributed by atoms with Gasteiger partial charge in [0.25, 0.3) is 5.69 Å². The van der Waals surface area contributed by atoms with Crippen LogP contribution in [0.1, 0.15) is 39.5 Å². The van der Waals surface area contributed by atoms with Crippen LogP contribution < -0.4 is 10.2 Å². The molecular formula is C19H31N4O4S+. The van der Waals surface area contributed by atoms with Crippen LogP contribution in [0.15, 0.2) is 23.1 Å². The fraction of sp³-hybridized carbons (Fsp3) is 0.684. The molecule has 2 aliphatic rings. The van der Waals surface area contributed by atoms with E-state index in [1.54, 1.807) is 11.0 Å². The van der Waals surface area contributed by atoms with Crippen molar-refractivity contribution in [2.45, 2.75) is 50.5 Å². The van der Waals surface area contributed by atoms with E-state index in [1.807, 2.05) is 6.92 Å². The van der Waals surface area contributed by atoms with Gasteiger partial charge in [-0.15, -0.1) is 0 Å². The molecule has 1 atom stereocenters. The molecule has 0 unspecified atom stereocenters. The van der Waals surface area contributed by atoms with Crippen LogP contribution in [-0.4, -0.2) is 56.4 Å². The number of sulfonamides is 1. The third kappa shape index (κ3) is 4.64. The number of nitro benzene ring substituents is 1. The van der Waals surface area contributed by atoms with Crippen molar-refractivity contribution < 1.29 is 18.2 Å². The summed E-state index contributed by atoms with van der Waals surface area (Å²) in [4.78, 5) is 12.7. The Hall–Kier alpha value is -1.71. The molecule has 0 bridgehead atoms. The van der Waals surface area contributed by atoms with Gasteiger partial charge in [-0.05, 0) is 37.8 Å². The van der Waals surface area contributed by atoms with Gasteiger partial charge in [0.1, 0.15) is 5.69 Å². The van der Waals surface area contributed by atoms with Crippen molar-refractivity contribution in [3.8, 4) is 0 Å². The van der Waals surface area contributed by atoms with E-state index in [-0.39, 0.29) is 16.6 Å². The second-order valence-electron chi connectivity index (χ2n) is 8.07. The highest BCUT2D eigenvalue weighted by Crippen LogP contribution is 2.31. The number of likely N-dealkylation sites (tertiary alicyclic amines) is 1. The van der Waals surface area contributed by atoms with Crippen LogP contribution >= 0.6 is 0 Å². The molecule has 0 amide bonds. The van der Waals surface area contributed by atoms with Crippen molar-refractivity contribution in [3.63, 3.8) is 0 Å². The van der Waals surface area contributed by atoms with Crippen molar-refractivity contribution in [2.75, 3.05) is 38.0 Å². The van der Waals surface area contributed by atoms with Crippen LogP contribution in [0.4, 0.5) is 11.4 Å². The van der Waals surface area contributed by atoms with Crippen LogP contribution in [-0.2, 0) is 10.0 Å². The summed E-state index contributed by atoms with van der Waals surface area (Å²) >= 11 is 0. The maximum atomic E-state index is 13.0. The Labute approximate surface area is 167 Å². The fourth-order valence-corrected chi connectivity index (χ4v) is 5.82. The molecule has 8 nitrogen and oxygen atoms in total. The first-order chi connectivity index (χ1) is 13.3. The predicted molar refractivity (Wildman–Crippen MR) is 108 cm³/mol. The normalized spacial score (nSPS) is 26.7. The zero-order chi connectivity index (χ0) is 20.3.